The van der Waals surface area contributed by atoms with E-state index >= 15 is 0 Å². The van der Waals surface area contributed by atoms with Gasteiger partial charge in [0.15, 0.2) is 0 Å². The van der Waals surface area contributed by atoms with Crippen LogP contribution in [0.15, 0.2) is 42.5 Å². The molecule has 0 aliphatic rings. The molecule has 2 rings (SSSR count). The highest BCUT2D eigenvalue weighted by atomic mass is 35.5. The molecule has 0 saturated heterocycles. The highest BCUT2D eigenvalue weighted by Gasteiger charge is 2.07. The molecular formula is C13H10ClFN2O2. The summed E-state index contributed by atoms with van der Waals surface area (Å²) in [6.45, 7) is 0. The van der Waals surface area contributed by atoms with Gasteiger partial charge in [0.25, 0.3) is 0 Å². The Balaban J connectivity index is 2.05. The molecular weight excluding hydrogens is 271 g/mol. The Morgan fingerprint density at radius 2 is 1.79 bits per heavy atom. The van der Waals surface area contributed by atoms with Gasteiger partial charge in [0.2, 0.25) is 0 Å². The van der Waals surface area contributed by atoms with Gasteiger partial charge in [-0.15, -0.1) is 0 Å². The fourth-order valence-corrected chi connectivity index (χ4v) is 1.60. The number of amides is 2. The zero-order valence-electron chi connectivity index (χ0n) is 9.65. The van der Waals surface area contributed by atoms with E-state index in [0.717, 1.165) is 0 Å². The van der Waals surface area contributed by atoms with Crippen molar-refractivity contribution in [1.29, 1.82) is 0 Å². The van der Waals surface area contributed by atoms with Gasteiger partial charge in [-0.25, -0.2) is 9.18 Å². The van der Waals surface area contributed by atoms with Crippen molar-refractivity contribution < 1.29 is 14.3 Å². The van der Waals surface area contributed by atoms with E-state index in [1.54, 1.807) is 0 Å². The van der Waals surface area contributed by atoms with E-state index in [2.05, 4.69) is 10.6 Å². The van der Waals surface area contributed by atoms with E-state index in [0.29, 0.717) is 10.7 Å². The molecule has 4 nitrogen and oxygen atoms in total. The van der Waals surface area contributed by atoms with Crippen LogP contribution in [0.3, 0.4) is 0 Å². The predicted octanol–water partition coefficient (Wildman–Crippen LogP) is 3.83. The summed E-state index contributed by atoms with van der Waals surface area (Å²) in [4.78, 5) is 11.7. The number of carbonyl (C=O) groups excluding carboxylic acids is 1. The summed E-state index contributed by atoms with van der Waals surface area (Å²) in [5.41, 5.74) is 0.618. The first kappa shape index (κ1) is 13.2. The maximum atomic E-state index is 12.7. The Hall–Kier alpha value is -2.27. The zero-order chi connectivity index (χ0) is 13.8. The van der Waals surface area contributed by atoms with Gasteiger partial charge < -0.3 is 15.7 Å². The van der Waals surface area contributed by atoms with Crippen LogP contribution >= 0.6 is 11.6 Å². The lowest BCUT2D eigenvalue weighted by molar-refractivity contribution is 0.262. The van der Waals surface area contributed by atoms with Crippen LogP contribution in [0.4, 0.5) is 20.6 Å². The van der Waals surface area contributed by atoms with Crippen LogP contribution in [0, 0.1) is 5.82 Å². The standard InChI is InChI=1S/C13H10ClFN2O2/c14-8-1-6-12(18)11(7-8)17-13(19)16-10-4-2-9(15)3-5-10/h1-7,18H,(H2,16,17,19). The number of phenolic OH excluding ortho intramolecular Hbond substituents is 1. The molecule has 0 radical (unpaired) electrons. The van der Waals surface area contributed by atoms with Crippen LogP contribution in [-0.4, -0.2) is 11.1 Å². The van der Waals surface area contributed by atoms with E-state index in [-0.39, 0.29) is 11.4 Å². The number of hydrogen-bond donors (Lipinski definition) is 3. The third-order valence-corrected chi connectivity index (χ3v) is 2.54. The SMILES string of the molecule is O=C(Nc1ccc(F)cc1)Nc1cc(Cl)ccc1O. The van der Waals surface area contributed by atoms with E-state index in [4.69, 9.17) is 11.6 Å². The van der Waals surface area contributed by atoms with Gasteiger partial charge in [-0.05, 0) is 42.5 Å². The van der Waals surface area contributed by atoms with Crippen molar-refractivity contribution in [3.8, 4) is 5.75 Å². The van der Waals surface area contributed by atoms with Crippen LogP contribution in [0.25, 0.3) is 0 Å². The molecule has 6 heteroatoms. The largest absolute Gasteiger partial charge is 0.506 e. The molecule has 2 aromatic rings. The number of hydrogen-bond acceptors (Lipinski definition) is 2. The van der Waals surface area contributed by atoms with Gasteiger partial charge in [0.05, 0.1) is 5.69 Å². The van der Waals surface area contributed by atoms with Crippen molar-refractivity contribution in [2.75, 3.05) is 10.6 Å². The molecule has 0 fully saturated rings. The highest BCUT2D eigenvalue weighted by molar-refractivity contribution is 6.31. The van der Waals surface area contributed by atoms with Crippen LogP contribution in [0.5, 0.6) is 5.75 Å². The fraction of sp³-hybridized carbons (Fsp3) is 0. The second-order valence-electron chi connectivity index (χ2n) is 3.75. The molecule has 2 aromatic carbocycles. The van der Waals surface area contributed by atoms with Crippen LogP contribution in [0.2, 0.25) is 5.02 Å². The van der Waals surface area contributed by atoms with Crippen molar-refractivity contribution in [2.24, 2.45) is 0 Å². The summed E-state index contributed by atoms with van der Waals surface area (Å²) < 4.78 is 12.7. The first-order valence-corrected chi connectivity index (χ1v) is 5.74. The van der Waals surface area contributed by atoms with Crippen molar-refractivity contribution in [3.63, 3.8) is 0 Å². The quantitative estimate of drug-likeness (QED) is 0.732. The Labute approximate surface area is 113 Å². The summed E-state index contributed by atoms with van der Waals surface area (Å²) >= 11 is 5.75. The molecule has 0 heterocycles. The maximum absolute atomic E-state index is 12.7. The first-order chi connectivity index (χ1) is 9.04. The van der Waals surface area contributed by atoms with Gasteiger partial charge >= 0.3 is 6.03 Å². The van der Waals surface area contributed by atoms with E-state index in [1.165, 1.54) is 42.5 Å². The topological polar surface area (TPSA) is 61.4 Å². The molecule has 2 amide bonds. The smallest absolute Gasteiger partial charge is 0.323 e. The summed E-state index contributed by atoms with van der Waals surface area (Å²) in [5.74, 6) is -0.489. The first-order valence-electron chi connectivity index (χ1n) is 5.37. The third kappa shape index (κ3) is 3.59. The minimum Gasteiger partial charge on any atom is -0.506 e. The molecule has 19 heavy (non-hydrogen) atoms. The Morgan fingerprint density at radius 1 is 1.11 bits per heavy atom. The normalized spacial score (nSPS) is 10.0. The second-order valence-corrected chi connectivity index (χ2v) is 4.18. The maximum Gasteiger partial charge on any atom is 0.323 e. The lowest BCUT2D eigenvalue weighted by Crippen LogP contribution is -2.19. The Kier molecular flexibility index (Phi) is 3.87. The Morgan fingerprint density at radius 3 is 2.47 bits per heavy atom. The van der Waals surface area contributed by atoms with Crippen molar-refractivity contribution in [3.05, 3.63) is 53.3 Å². The third-order valence-electron chi connectivity index (χ3n) is 2.31. The van der Waals surface area contributed by atoms with E-state index < -0.39 is 11.8 Å². The number of nitrogens with one attached hydrogen (secondary N) is 2. The summed E-state index contributed by atoms with van der Waals surface area (Å²) in [5, 5.41) is 14.8. The molecule has 3 N–H and O–H groups in total. The highest BCUT2D eigenvalue weighted by Crippen LogP contribution is 2.26. The number of anilines is 2. The number of carbonyl (C=O) groups is 1. The number of benzene rings is 2. The summed E-state index contributed by atoms with van der Waals surface area (Å²) in [7, 11) is 0. The zero-order valence-corrected chi connectivity index (χ0v) is 10.4. The molecule has 98 valence electrons. The van der Waals surface area contributed by atoms with E-state index in [9.17, 15) is 14.3 Å². The van der Waals surface area contributed by atoms with Crippen molar-refractivity contribution in [2.45, 2.75) is 0 Å². The van der Waals surface area contributed by atoms with Gasteiger partial charge in [0.1, 0.15) is 11.6 Å². The molecule has 0 spiro atoms. The fourth-order valence-electron chi connectivity index (χ4n) is 1.43. The molecule has 0 bridgehead atoms. The van der Waals surface area contributed by atoms with Gasteiger partial charge in [-0.1, -0.05) is 11.6 Å². The second kappa shape index (κ2) is 5.58. The number of aromatic hydroxyl groups is 1. The van der Waals surface area contributed by atoms with Crippen LogP contribution in [0.1, 0.15) is 0 Å². The van der Waals surface area contributed by atoms with Crippen molar-refractivity contribution >= 4 is 29.0 Å². The molecule has 0 saturated carbocycles. The van der Waals surface area contributed by atoms with Crippen LogP contribution in [-0.2, 0) is 0 Å². The number of urea groups is 1. The number of phenols is 1. The molecule has 0 aromatic heterocycles. The average Bonchev–Trinajstić information content (AvgIpc) is 2.37. The predicted molar refractivity (Wildman–Crippen MR) is 72.2 cm³/mol. The molecule has 0 aliphatic heterocycles. The number of halogens is 2. The minimum atomic E-state index is -0.566. The van der Waals surface area contributed by atoms with Gasteiger partial charge in [-0.3, -0.25) is 0 Å². The molecule has 0 aliphatic carbocycles. The Bertz CT molecular complexity index is 602. The van der Waals surface area contributed by atoms with Gasteiger partial charge in [-0.2, -0.15) is 0 Å². The van der Waals surface area contributed by atoms with E-state index in [1.807, 2.05) is 0 Å². The molecule has 0 atom stereocenters. The lowest BCUT2D eigenvalue weighted by Gasteiger charge is -2.09. The average molecular weight is 281 g/mol. The molecule has 0 unspecified atom stereocenters. The summed E-state index contributed by atoms with van der Waals surface area (Å²) in [6.07, 6.45) is 0. The van der Waals surface area contributed by atoms with Crippen molar-refractivity contribution in [1.82, 2.24) is 0 Å². The monoisotopic (exact) mass is 280 g/mol. The number of rotatable bonds is 2. The van der Waals surface area contributed by atoms with Crippen LogP contribution < -0.4 is 10.6 Å². The summed E-state index contributed by atoms with van der Waals surface area (Å²) in [6, 6.07) is 9.03. The van der Waals surface area contributed by atoms with Gasteiger partial charge in [0, 0.05) is 10.7 Å². The lowest BCUT2D eigenvalue weighted by atomic mass is 10.3. The minimum absolute atomic E-state index is 0.0985.